The van der Waals surface area contributed by atoms with E-state index in [0.717, 1.165) is 17.4 Å². The van der Waals surface area contributed by atoms with Crippen LogP contribution in [0.15, 0.2) is 24.4 Å². The summed E-state index contributed by atoms with van der Waals surface area (Å²) in [5.41, 5.74) is 1.60. The molecule has 17 heavy (non-hydrogen) atoms. The van der Waals surface area contributed by atoms with Gasteiger partial charge in [-0.2, -0.15) is 5.10 Å². The Balaban J connectivity index is 2.35. The zero-order chi connectivity index (χ0) is 12.4. The Bertz CT molecular complexity index is 530. The topological polar surface area (TPSA) is 49.0 Å². The molecule has 90 valence electrons. The molecule has 0 unspecified atom stereocenters. The molecule has 1 heterocycles. The van der Waals surface area contributed by atoms with Gasteiger partial charge in [-0.15, -0.1) is 0 Å². The van der Waals surface area contributed by atoms with E-state index < -0.39 is 0 Å². The number of carbonyl (C=O) groups excluding carboxylic acids is 1. The first kappa shape index (κ1) is 11.6. The molecule has 0 bridgehead atoms. The van der Waals surface area contributed by atoms with Gasteiger partial charge in [-0.1, -0.05) is 6.07 Å². The first-order valence-electron chi connectivity index (χ1n) is 5.87. The van der Waals surface area contributed by atoms with Gasteiger partial charge in [-0.25, -0.2) is 0 Å². The van der Waals surface area contributed by atoms with Crippen LogP contribution in [-0.4, -0.2) is 33.6 Å². The first-order chi connectivity index (χ1) is 8.13. The molecule has 0 saturated carbocycles. The lowest BCUT2D eigenvalue weighted by atomic mass is 10.1. The Hall–Kier alpha value is -1.84. The smallest absolute Gasteiger partial charge is 0.254 e. The molecule has 4 heteroatoms. The molecular formula is C13H17N3O. The van der Waals surface area contributed by atoms with E-state index in [1.165, 1.54) is 0 Å². The minimum atomic E-state index is 0.0685. The highest BCUT2D eigenvalue weighted by Gasteiger charge is 2.17. The van der Waals surface area contributed by atoms with Crippen molar-refractivity contribution in [3.05, 3.63) is 30.0 Å². The molecule has 2 rings (SSSR count). The van der Waals surface area contributed by atoms with Crippen molar-refractivity contribution in [1.29, 1.82) is 0 Å². The molecule has 0 aliphatic heterocycles. The van der Waals surface area contributed by atoms with Gasteiger partial charge in [0.15, 0.2) is 0 Å². The third-order valence-corrected chi connectivity index (χ3v) is 2.91. The number of nitrogens with zero attached hydrogens (tertiary/aromatic N) is 2. The molecular weight excluding hydrogens is 214 g/mol. The van der Waals surface area contributed by atoms with E-state index in [0.29, 0.717) is 5.56 Å². The number of aromatic amines is 1. The van der Waals surface area contributed by atoms with E-state index in [1.807, 2.05) is 43.9 Å². The van der Waals surface area contributed by atoms with Gasteiger partial charge in [0.1, 0.15) is 0 Å². The fourth-order valence-corrected chi connectivity index (χ4v) is 1.98. The van der Waals surface area contributed by atoms with E-state index in [-0.39, 0.29) is 11.9 Å². The second-order valence-electron chi connectivity index (χ2n) is 4.36. The number of H-pyrrole nitrogens is 1. The minimum Gasteiger partial charge on any atom is -0.337 e. The molecule has 0 saturated heterocycles. The van der Waals surface area contributed by atoms with Crippen LogP contribution in [-0.2, 0) is 0 Å². The van der Waals surface area contributed by atoms with Crippen molar-refractivity contribution < 1.29 is 4.79 Å². The lowest BCUT2D eigenvalue weighted by Gasteiger charge is -2.25. The number of nitrogens with one attached hydrogen (secondary N) is 1. The van der Waals surface area contributed by atoms with Crippen LogP contribution in [0.5, 0.6) is 0 Å². The van der Waals surface area contributed by atoms with Crippen molar-refractivity contribution in [2.75, 3.05) is 6.54 Å². The van der Waals surface area contributed by atoms with Gasteiger partial charge in [0.25, 0.3) is 5.91 Å². The van der Waals surface area contributed by atoms with Crippen molar-refractivity contribution in [1.82, 2.24) is 15.1 Å². The molecule has 1 aromatic heterocycles. The monoisotopic (exact) mass is 231 g/mol. The van der Waals surface area contributed by atoms with Crippen molar-refractivity contribution >= 4 is 16.8 Å². The summed E-state index contributed by atoms with van der Waals surface area (Å²) in [5, 5.41) is 7.85. The van der Waals surface area contributed by atoms with Gasteiger partial charge in [0, 0.05) is 23.5 Å². The Morgan fingerprint density at radius 1 is 1.47 bits per heavy atom. The van der Waals surface area contributed by atoms with Crippen LogP contribution >= 0.6 is 0 Å². The summed E-state index contributed by atoms with van der Waals surface area (Å²) >= 11 is 0. The minimum absolute atomic E-state index is 0.0685. The molecule has 0 aliphatic carbocycles. The maximum Gasteiger partial charge on any atom is 0.254 e. The van der Waals surface area contributed by atoms with Gasteiger partial charge in [-0.3, -0.25) is 9.89 Å². The van der Waals surface area contributed by atoms with Gasteiger partial charge in [-0.05, 0) is 32.9 Å². The summed E-state index contributed by atoms with van der Waals surface area (Å²) in [5.74, 6) is 0.0685. The SMILES string of the molecule is CCN(C(=O)c1ccc2cn[nH]c2c1)C(C)C. The van der Waals surface area contributed by atoms with Crippen LogP contribution in [0.3, 0.4) is 0 Å². The third-order valence-electron chi connectivity index (χ3n) is 2.91. The Kier molecular flexibility index (Phi) is 3.13. The summed E-state index contributed by atoms with van der Waals surface area (Å²) in [6, 6.07) is 5.84. The van der Waals surface area contributed by atoms with Crippen LogP contribution in [0.1, 0.15) is 31.1 Å². The predicted octanol–water partition coefficient (Wildman–Crippen LogP) is 2.43. The third kappa shape index (κ3) is 2.16. The second-order valence-corrected chi connectivity index (χ2v) is 4.36. The fourth-order valence-electron chi connectivity index (χ4n) is 1.98. The van der Waals surface area contributed by atoms with Crippen molar-refractivity contribution in [2.45, 2.75) is 26.8 Å². The molecule has 0 radical (unpaired) electrons. The highest BCUT2D eigenvalue weighted by Crippen LogP contribution is 2.15. The molecule has 2 aromatic rings. The van der Waals surface area contributed by atoms with E-state index in [9.17, 15) is 4.79 Å². The quantitative estimate of drug-likeness (QED) is 0.882. The van der Waals surface area contributed by atoms with Crippen molar-refractivity contribution in [3.8, 4) is 0 Å². The second kappa shape index (κ2) is 4.57. The Labute approximate surface area is 101 Å². The molecule has 0 atom stereocenters. The highest BCUT2D eigenvalue weighted by atomic mass is 16.2. The number of aromatic nitrogens is 2. The number of carbonyl (C=O) groups is 1. The summed E-state index contributed by atoms with van der Waals surface area (Å²) in [6.45, 7) is 6.76. The summed E-state index contributed by atoms with van der Waals surface area (Å²) in [7, 11) is 0. The number of fused-ring (bicyclic) bond motifs is 1. The largest absolute Gasteiger partial charge is 0.337 e. The summed E-state index contributed by atoms with van der Waals surface area (Å²) < 4.78 is 0. The average Bonchev–Trinajstić information content (AvgIpc) is 2.75. The van der Waals surface area contributed by atoms with Gasteiger partial charge in [0.05, 0.1) is 11.7 Å². The number of hydrogen-bond donors (Lipinski definition) is 1. The number of hydrogen-bond acceptors (Lipinski definition) is 2. The number of benzene rings is 1. The molecule has 1 aromatic carbocycles. The van der Waals surface area contributed by atoms with E-state index in [1.54, 1.807) is 6.20 Å². The first-order valence-corrected chi connectivity index (χ1v) is 5.87. The molecule has 0 fully saturated rings. The van der Waals surface area contributed by atoms with Gasteiger partial charge in [0.2, 0.25) is 0 Å². The van der Waals surface area contributed by atoms with Crippen molar-refractivity contribution in [3.63, 3.8) is 0 Å². The highest BCUT2D eigenvalue weighted by molar-refractivity contribution is 5.97. The maximum atomic E-state index is 12.3. The van der Waals surface area contributed by atoms with Crippen LogP contribution in [0.2, 0.25) is 0 Å². The van der Waals surface area contributed by atoms with E-state index in [2.05, 4.69) is 10.2 Å². The van der Waals surface area contributed by atoms with Crippen molar-refractivity contribution in [2.24, 2.45) is 0 Å². The Morgan fingerprint density at radius 2 is 2.24 bits per heavy atom. The standard InChI is InChI=1S/C13H17N3O/c1-4-16(9(2)3)13(17)10-5-6-11-8-14-15-12(11)7-10/h5-9H,4H2,1-3H3,(H,14,15). The normalized spacial score (nSPS) is 11.1. The summed E-state index contributed by atoms with van der Waals surface area (Å²) in [4.78, 5) is 14.1. The van der Waals surface area contributed by atoms with Crippen LogP contribution in [0, 0.1) is 0 Å². The fraction of sp³-hybridized carbons (Fsp3) is 0.385. The summed E-state index contributed by atoms with van der Waals surface area (Å²) in [6.07, 6.45) is 1.75. The molecule has 1 amide bonds. The lowest BCUT2D eigenvalue weighted by molar-refractivity contribution is 0.0717. The predicted molar refractivity (Wildman–Crippen MR) is 67.9 cm³/mol. The average molecular weight is 231 g/mol. The lowest BCUT2D eigenvalue weighted by Crippen LogP contribution is -2.36. The zero-order valence-electron chi connectivity index (χ0n) is 10.4. The van der Waals surface area contributed by atoms with E-state index >= 15 is 0 Å². The molecule has 4 nitrogen and oxygen atoms in total. The van der Waals surface area contributed by atoms with Crippen LogP contribution in [0.25, 0.3) is 10.9 Å². The van der Waals surface area contributed by atoms with Gasteiger partial charge < -0.3 is 4.90 Å². The van der Waals surface area contributed by atoms with Gasteiger partial charge >= 0.3 is 0 Å². The molecule has 0 aliphatic rings. The number of rotatable bonds is 3. The van der Waals surface area contributed by atoms with Crippen LogP contribution in [0.4, 0.5) is 0 Å². The van der Waals surface area contributed by atoms with Crippen LogP contribution < -0.4 is 0 Å². The van der Waals surface area contributed by atoms with E-state index in [4.69, 9.17) is 0 Å². The molecule has 0 spiro atoms. The molecule has 1 N–H and O–H groups in total. The zero-order valence-corrected chi connectivity index (χ0v) is 10.4. The maximum absolute atomic E-state index is 12.3. The number of amides is 1. The Morgan fingerprint density at radius 3 is 2.88 bits per heavy atom.